The Hall–Kier alpha value is -2.40. The quantitative estimate of drug-likeness (QED) is 0.674. The summed E-state index contributed by atoms with van der Waals surface area (Å²) >= 11 is 5.88. The Balaban J connectivity index is 1.52. The summed E-state index contributed by atoms with van der Waals surface area (Å²) in [6.45, 7) is 2.83. The molecule has 0 bridgehead atoms. The Kier molecular flexibility index (Phi) is 4.88. The van der Waals surface area contributed by atoms with Crippen LogP contribution in [0.4, 0.5) is 5.95 Å². The van der Waals surface area contributed by atoms with Gasteiger partial charge in [-0.15, -0.1) is 10.2 Å². The Labute approximate surface area is 140 Å². The van der Waals surface area contributed by atoms with E-state index in [1.54, 1.807) is 6.20 Å². The van der Waals surface area contributed by atoms with Crippen LogP contribution in [0.15, 0.2) is 42.7 Å². The van der Waals surface area contributed by atoms with Crippen LogP contribution in [0.2, 0.25) is 5.02 Å². The van der Waals surface area contributed by atoms with Crippen LogP contribution in [0.3, 0.4) is 0 Å². The Morgan fingerprint density at radius 2 is 1.96 bits per heavy atom. The fraction of sp³-hybridized carbons (Fsp3) is 0.235. The van der Waals surface area contributed by atoms with Gasteiger partial charge in [0.2, 0.25) is 5.95 Å². The number of aromatic amines is 1. The van der Waals surface area contributed by atoms with Gasteiger partial charge >= 0.3 is 0 Å². The number of hydrogen-bond acceptors (Lipinski definition) is 4. The van der Waals surface area contributed by atoms with E-state index < -0.39 is 0 Å². The van der Waals surface area contributed by atoms with Gasteiger partial charge < -0.3 is 10.3 Å². The minimum absolute atomic E-state index is 0.687. The number of nitrogens with one attached hydrogen (secondary N) is 2. The average molecular weight is 328 g/mol. The molecule has 2 aromatic heterocycles. The highest BCUT2D eigenvalue weighted by Gasteiger charge is 2.07. The van der Waals surface area contributed by atoms with Gasteiger partial charge in [0.25, 0.3) is 0 Å². The van der Waals surface area contributed by atoms with Crippen molar-refractivity contribution in [3.05, 3.63) is 58.9 Å². The van der Waals surface area contributed by atoms with Crippen molar-refractivity contribution in [2.24, 2.45) is 0 Å². The lowest BCUT2D eigenvalue weighted by molar-refractivity contribution is 0.854. The summed E-state index contributed by atoms with van der Waals surface area (Å²) in [4.78, 5) is 7.28. The molecule has 0 fully saturated rings. The molecule has 1 aromatic carbocycles. The number of H-pyrrole nitrogens is 1. The van der Waals surface area contributed by atoms with E-state index in [0.29, 0.717) is 5.95 Å². The highest BCUT2D eigenvalue weighted by Crippen LogP contribution is 2.19. The number of benzene rings is 1. The third kappa shape index (κ3) is 4.07. The van der Waals surface area contributed by atoms with Gasteiger partial charge in [0.15, 0.2) is 5.82 Å². The summed E-state index contributed by atoms with van der Waals surface area (Å²) in [5, 5.41) is 12.4. The molecule has 5 nitrogen and oxygen atoms in total. The molecule has 0 saturated carbocycles. The zero-order valence-corrected chi connectivity index (χ0v) is 13.6. The second-order valence-corrected chi connectivity index (χ2v) is 5.81. The van der Waals surface area contributed by atoms with Crippen LogP contribution >= 0.6 is 11.6 Å². The molecule has 3 aromatic rings. The average Bonchev–Trinajstić information content (AvgIpc) is 3.02. The molecule has 6 heteroatoms. The lowest BCUT2D eigenvalue weighted by Crippen LogP contribution is -2.04. The van der Waals surface area contributed by atoms with Gasteiger partial charge in [-0.05, 0) is 49.1 Å². The number of halogens is 1. The second kappa shape index (κ2) is 7.24. The summed E-state index contributed by atoms with van der Waals surface area (Å²) in [7, 11) is 0. The lowest BCUT2D eigenvalue weighted by atomic mass is 10.1. The minimum Gasteiger partial charge on any atom is -0.354 e. The van der Waals surface area contributed by atoms with Crippen LogP contribution in [0.25, 0.3) is 11.4 Å². The Bertz CT molecular complexity index is 767. The third-order valence-corrected chi connectivity index (χ3v) is 3.86. The molecule has 0 radical (unpaired) electrons. The molecular formula is C17H18ClN5. The molecule has 0 amide bonds. The van der Waals surface area contributed by atoms with E-state index in [2.05, 4.69) is 37.6 Å². The van der Waals surface area contributed by atoms with Gasteiger partial charge in [0.1, 0.15) is 0 Å². The number of aromatic nitrogens is 4. The normalized spacial score (nSPS) is 10.7. The van der Waals surface area contributed by atoms with E-state index in [0.717, 1.165) is 41.4 Å². The predicted molar refractivity (Wildman–Crippen MR) is 92.6 cm³/mol. The molecule has 0 aliphatic carbocycles. The van der Waals surface area contributed by atoms with Crippen LogP contribution in [-0.4, -0.2) is 26.7 Å². The summed E-state index contributed by atoms with van der Waals surface area (Å²) in [6.07, 6.45) is 5.57. The number of rotatable bonds is 6. The molecule has 23 heavy (non-hydrogen) atoms. The summed E-state index contributed by atoms with van der Waals surface area (Å²) in [6, 6.07) is 9.89. The molecular weight excluding hydrogens is 310 g/mol. The fourth-order valence-corrected chi connectivity index (χ4v) is 2.48. The van der Waals surface area contributed by atoms with Crippen molar-refractivity contribution in [3.8, 4) is 11.4 Å². The monoisotopic (exact) mass is 327 g/mol. The lowest BCUT2D eigenvalue weighted by Gasteiger charge is -2.03. The van der Waals surface area contributed by atoms with E-state index in [9.17, 15) is 0 Å². The predicted octanol–water partition coefficient (Wildman–Crippen LogP) is 3.87. The summed E-state index contributed by atoms with van der Waals surface area (Å²) in [5.74, 6) is 1.44. The van der Waals surface area contributed by atoms with Gasteiger partial charge in [-0.1, -0.05) is 23.7 Å². The van der Waals surface area contributed by atoms with Crippen LogP contribution in [0, 0.1) is 6.92 Å². The third-order valence-electron chi connectivity index (χ3n) is 3.61. The van der Waals surface area contributed by atoms with Crippen molar-refractivity contribution in [1.29, 1.82) is 0 Å². The summed E-state index contributed by atoms with van der Waals surface area (Å²) in [5.41, 5.74) is 3.36. The number of hydrogen-bond donors (Lipinski definition) is 2. The molecule has 118 valence electrons. The van der Waals surface area contributed by atoms with Crippen molar-refractivity contribution >= 4 is 17.5 Å². The topological polar surface area (TPSA) is 66.5 Å². The number of nitrogens with zero attached hydrogens (tertiary/aromatic N) is 3. The zero-order chi connectivity index (χ0) is 16.1. The summed E-state index contributed by atoms with van der Waals surface area (Å²) < 4.78 is 0. The molecule has 0 aliphatic heterocycles. The van der Waals surface area contributed by atoms with Crippen LogP contribution in [0.1, 0.15) is 17.5 Å². The molecule has 0 atom stereocenters. The standard InChI is InChI=1S/C17H18ClN5/c1-12-11-19-10-8-15(12)16-21-17(23-22-16)20-9-2-3-13-4-6-14(18)7-5-13/h4-8,10-11H,2-3,9H2,1H3,(H2,20,21,22,23). The van der Waals surface area contributed by atoms with Gasteiger partial charge in [0.05, 0.1) is 0 Å². The number of pyridine rings is 1. The van der Waals surface area contributed by atoms with Gasteiger partial charge in [-0.2, -0.15) is 0 Å². The highest BCUT2D eigenvalue weighted by molar-refractivity contribution is 6.30. The van der Waals surface area contributed by atoms with Crippen molar-refractivity contribution in [3.63, 3.8) is 0 Å². The van der Waals surface area contributed by atoms with Crippen LogP contribution < -0.4 is 5.32 Å². The maximum atomic E-state index is 5.88. The van der Waals surface area contributed by atoms with E-state index in [1.807, 2.05) is 31.3 Å². The maximum Gasteiger partial charge on any atom is 0.222 e. The highest BCUT2D eigenvalue weighted by atomic mass is 35.5. The van der Waals surface area contributed by atoms with Gasteiger partial charge in [-0.25, -0.2) is 0 Å². The number of aryl methyl sites for hydroxylation is 2. The second-order valence-electron chi connectivity index (χ2n) is 5.37. The van der Waals surface area contributed by atoms with E-state index >= 15 is 0 Å². The smallest absolute Gasteiger partial charge is 0.222 e. The fourth-order valence-electron chi connectivity index (χ4n) is 2.35. The van der Waals surface area contributed by atoms with Crippen molar-refractivity contribution in [2.45, 2.75) is 19.8 Å². The first-order valence-corrected chi connectivity index (χ1v) is 7.92. The molecule has 0 unspecified atom stereocenters. The SMILES string of the molecule is Cc1cnccc1-c1nnc(NCCCc2ccc(Cl)cc2)[nH]1. The van der Waals surface area contributed by atoms with E-state index in [1.165, 1.54) is 5.56 Å². The molecule has 0 aliphatic rings. The first kappa shape index (κ1) is 15.5. The molecule has 0 saturated heterocycles. The van der Waals surface area contributed by atoms with E-state index in [-0.39, 0.29) is 0 Å². The van der Waals surface area contributed by atoms with Crippen molar-refractivity contribution in [1.82, 2.24) is 20.2 Å². The first-order chi connectivity index (χ1) is 11.2. The van der Waals surface area contributed by atoms with E-state index in [4.69, 9.17) is 11.6 Å². The largest absolute Gasteiger partial charge is 0.354 e. The maximum absolute atomic E-state index is 5.88. The molecule has 0 spiro atoms. The van der Waals surface area contributed by atoms with Crippen molar-refractivity contribution < 1.29 is 0 Å². The minimum atomic E-state index is 0.687. The molecule has 2 N–H and O–H groups in total. The van der Waals surface area contributed by atoms with Crippen LogP contribution in [-0.2, 0) is 6.42 Å². The van der Waals surface area contributed by atoms with Crippen molar-refractivity contribution in [2.75, 3.05) is 11.9 Å². The number of anilines is 1. The zero-order valence-electron chi connectivity index (χ0n) is 12.9. The van der Waals surface area contributed by atoms with Crippen LogP contribution in [0.5, 0.6) is 0 Å². The first-order valence-electron chi connectivity index (χ1n) is 7.54. The van der Waals surface area contributed by atoms with Gasteiger partial charge in [0, 0.05) is 29.5 Å². The molecule has 3 rings (SSSR count). The molecule has 2 heterocycles. The Morgan fingerprint density at radius 1 is 1.13 bits per heavy atom. The Morgan fingerprint density at radius 3 is 2.74 bits per heavy atom. The van der Waals surface area contributed by atoms with Gasteiger partial charge in [-0.3, -0.25) is 4.98 Å².